The Bertz CT molecular complexity index is 772. The molecule has 1 aliphatic heterocycles. The van der Waals surface area contributed by atoms with Crippen molar-refractivity contribution >= 4 is 11.9 Å². The third-order valence-corrected chi connectivity index (χ3v) is 4.19. The Kier molecular flexibility index (Phi) is 4.24. The number of nitrogens with zero attached hydrogens (tertiary/aromatic N) is 1. The maximum Gasteiger partial charge on any atom is 0.308 e. The second-order valence-corrected chi connectivity index (χ2v) is 5.64. The number of benzene rings is 1. The zero-order valence-electron chi connectivity index (χ0n) is 12.9. The molecule has 1 amide bonds. The van der Waals surface area contributed by atoms with E-state index in [1.54, 1.807) is 6.07 Å². The standard InChI is InChI=1S/C17H16FNO5/c1-23-15-6-5-14(24-15)16(20)19-8-12(13(9-19)17(21)22)10-3-2-4-11(18)7-10/h2-7,12-13H,8-9H2,1H3,(H,21,22)/t12-,13+/m0/s1. The van der Waals surface area contributed by atoms with Gasteiger partial charge in [-0.15, -0.1) is 0 Å². The largest absolute Gasteiger partial charge is 0.481 e. The van der Waals surface area contributed by atoms with Gasteiger partial charge >= 0.3 is 5.97 Å². The van der Waals surface area contributed by atoms with Gasteiger partial charge in [0.15, 0.2) is 5.76 Å². The van der Waals surface area contributed by atoms with Crippen molar-refractivity contribution in [3.63, 3.8) is 0 Å². The summed E-state index contributed by atoms with van der Waals surface area (Å²) in [6.07, 6.45) is 0. The first-order valence-corrected chi connectivity index (χ1v) is 7.41. The number of carboxylic acids is 1. The number of ether oxygens (including phenoxy) is 1. The first kappa shape index (κ1) is 16.0. The molecule has 24 heavy (non-hydrogen) atoms. The lowest BCUT2D eigenvalue weighted by molar-refractivity contribution is -0.141. The molecule has 0 saturated carbocycles. The minimum Gasteiger partial charge on any atom is -0.481 e. The molecular weight excluding hydrogens is 317 g/mol. The number of furan rings is 1. The zero-order valence-corrected chi connectivity index (χ0v) is 12.9. The fourth-order valence-corrected chi connectivity index (χ4v) is 3.00. The zero-order chi connectivity index (χ0) is 17.3. The van der Waals surface area contributed by atoms with Crippen LogP contribution in [0.4, 0.5) is 4.39 Å². The van der Waals surface area contributed by atoms with Crippen LogP contribution >= 0.6 is 0 Å². The van der Waals surface area contributed by atoms with E-state index in [0.29, 0.717) is 5.56 Å². The van der Waals surface area contributed by atoms with Crippen molar-refractivity contribution in [3.05, 3.63) is 53.5 Å². The number of carbonyl (C=O) groups is 2. The molecular formula is C17H16FNO5. The highest BCUT2D eigenvalue weighted by atomic mass is 19.1. The third kappa shape index (κ3) is 2.97. The number of methoxy groups -OCH3 is 1. The fourth-order valence-electron chi connectivity index (χ4n) is 3.00. The molecule has 2 aromatic rings. The summed E-state index contributed by atoms with van der Waals surface area (Å²) < 4.78 is 23.6. The number of hydrogen-bond donors (Lipinski definition) is 1. The molecule has 2 heterocycles. The summed E-state index contributed by atoms with van der Waals surface area (Å²) >= 11 is 0. The molecule has 1 N–H and O–H groups in total. The van der Waals surface area contributed by atoms with Crippen molar-refractivity contribution in [2.75, 3.05) is 20.2 Å². The molecule has 1 fully saturated rings. The van der Waals surface area contributed by atoms with Gasteiger partial charge in [-0.3, -0.25) is 9.59 Å². The van der Waals surface area contributed by atoms with E-state index in [1.165, 1.54) is 42.3 Å². The Balaban J connectivity index is 1.84. The van der Waals surface area contributed by atoms with Crippen LogP contribution in [0, 0.1) is 11.7 Å². The van der Waals surface area contributed by atoms with Gasteiger partial charge in [0.05, 0.1) is 13.0 Å². The number of hydrogen-bond acceptors (Lipinski definition) is 4. The van der Waals surface area contributed by atoms with E-state index in [9.17, 15) is 19.1 Å². The lowest BCUT2D eigenvalue weighted by atomic mass is 9.89. The van der Waals surface area contributed by atoms with Gasteiger partial charge in [0, 0.05) is 25.1 Å². The van der Waals surface area contributed by atoms with Crippen LogP contribution in [0.15, 0.2) is 40.8 Å². The fraction of sp³-hybridized carbons (Fsp3) is 0.294. The molecule has 0 radical (unpaired) electrons. The molecule has 0 aliphatic carbocycles. The number of aliphatic carboxylic acids is 1. The first-order chi connectivity index (χ1) is 11.5. The Morgan fingerprint density at radius 2 is 2.08 bits per heavy atom. The van der Waals surface area contributed by atoms with E-state index < -0.39 is 29.5 Å². The van der Waals surface area contributed by atoms with Crippen molar-refractivity contribution in [3.8, 4) is 5.95 Å². The van der Waals surface area contributed by atoms with Gasteiger partial charge < -0.3 is 19.2 Å². The molecule has 3 rings (SSSR count). The topological polar surface area (TPSA) is 80.0 Å². The van der Waals surface area contributed by atoms with Crippen LogP contribution in [0.2, 0.25) is 0 Å². The highest BCUT2D eigenvalue weighted by Crippen LogP contribution is 2.34. The number of amides is 1. The van der Waals surface area contributed by atoms with Crippen LogP contribution < -0.4 is 4.74 Å². The quantitative estimate of drug-likeness (QED) is 0.929. The first-order valence-electron chi connectivity index (χ1n) is 7.41. The van der Waals surface area contributed by atoms with Crippen LogP contribution in [-0.2, 0) is 4.79 Å². The van der Waals surface area contributed by atoms with Gasteiger partial charge in [-0.05, 0) is 23.8 Å². The Morgan fingerprint density at radius 3 is 2.71 bits per heavy atom. The van der Waals surface area contributed by atoms with Gasteiger partial charge in [-0.25, -0.2) is 4.39 Å². The van der Waals surface area contributed by atoms with E-state index in [-0.39, 0.29) is 24.8 Å². The molecule has 1 saturated heterocycles. The van der Waals surface area contributed by atoms with Crippen molar-refractivity contribution < 1.29 is 28.2 Å². The maximum atomic E-state index is 13.5. The third-order valence-electron chi connectivity index (χ3n) is 4.19. The molecule has 1 aromatic heterocycles. The second kappa shape index (κ2) is 6.35. The van der Waals surface area contributed by atoms with Gasteiger partial charge in [0.1, 0.15) is 5.82 Å². The van der Waals surface area contributed by atoms with Gasteiger partial charge in [-0.1, -0.05) is 12.1 Å². The Hall–Kier alpha value is -2.83. The number of halogens is 1. The second-order valence-electron chi connectivity index (χ2n) is 5.64. The van der Waals surface area contributed by atoms with Gasteiger partial charge in [0.2, 0.25) is 0 Å². The van der Waals surface area contributed by atoms with Crippen LogP contribution in [0.5, 0.6) is 5.95 Å². The predicted molar refractivity (Wildman–Crippen MR) is 81.4 cm³/mol. The van der Waals surface area contributed by atoms with Crippen molar-refractivity contribution in [2.24, 2.45) is 5.92 Å². The minimum atomic E-state index is -1.02. The summed E-state index contributed by atoms with van der Waals surface area (Å²) in [5, 5.41) is 9.45. The smallest absolute Gasteiger partial charge is 0.308 e. The molecule has 126 valence electrons. The Morgan fingerprint density at radius 1 is 1.29 bits per heavy atom. The van der Waals surface area contributed by atoms with Crippen LogP contribution in [0.3, 0.4) is 0 Å². The van der Waals surface area contributed by atoms with E-state index in [0.717, 1.165) is 0 Å². The lowest BCUT2D eigenvalue weighted by Crippen LogP contribution is -2.29. The summed E-state index contributed by atoms with van der Waals surface area (Å²) in [4.78, 5) is 25.5. The van der Waals surface area contributed by atoms with Crippen LogP contribution in [0.25, 0.3) is 0 Å². The molecule has 0 spiro atoms. The highest BCUT2D eigenvalue weighted by Gasteiger charge is 2.41. The average molecular weight is 333 g/mol. The Labute approximate surface area is 137 Å². The summed E-state index contributed by atoms with van der Waals surface area (Å²) in [6, 6.07) is 8.81. The molecule has 1 aromatic carbocycles. The predicted octanol–water partition coefficient (Wildman–Crippen LogP) is 2.37. The highest BCUT2D eigenvalue weighted by molar-refractivity contribution is 5.92. The number of carbonyl (C=O) groups excluding carboxylic acids is 1. The maximum absolute atomic E-state index is 13.5. The summed E-state index contributed by atoms with van der Waals surface area (Å²) in [6.45, 7) is 0.223. The molecule has 6 nitrogen and oxygen atoms in total. The minimum absolute atomic E-state index is 0.0400. The van der Waals surface area contributed by atoms with E-state index in [2.05, 4.69) is 0 Å². The number of likely N-dealkylation sites (tertiary alicyclic amines) is 1. The molecule has 0 bridgehead atoms. The average Bonchev–Trinajstić information content (AvgIpc) is 3.21. The van der Waals surface area contributed by atoms with E-state index >= 15 is 0 Å². The normalized spacial score (nSPS) is 20.2. The number of carboxylic acid groups (broad SMARTS) is 1. The summed E-state index contributed by atoms with van der Waals surface area (Å²) in [7, 11) is 1.42. The monoisotopic (exact) mass is 333 g/mol. The van der Waals surface area contributed by atoms with Gasteiger partial charge in [0.25, 0.3) is 11.9 Å². The number of rotatable bonds is 4. The lowest BCUT2D eigenvalue weighted by Gasteiger charge is -2.15. The van der Waals surface area contributed by atoms with Crippen molar-refractivity contribution in [1.29, 1.82) is 0 Å². The SMILES string of the molecule is COc1ccc(C(=O)N2C[C@@H](C(=O)O)[C@H](c3cccc(F)c3)C2)o1. The molecule has 7 heteroatoms. The van der Waals surface area contributed by atoms with Crippen molar-refractivity contribution in [2.45, 2.75) is 5.92 Å². The molecule has 1 aliphatic rings. The van der Waals surface area contributed by atoms with Crippen LogP contribution in [-0.4, -0.2) is 42.1 Å². The van der Waals surface area contributed by atoms with Crippen LogP contribution in [0.1, 0.15) is 22.0 Å². The summed E-state index contributed by atoms with van der Waals surface area (Å²) in [5.74, 6) is -2.85. The molecule has 2 atom stereocenters. The summed E-state index contributed by atoms with van der Waals surface area (Å²) in [5.41, 5.74) is 0.565. The van der Waals surface area contributed by atoms with Crippen molar-refractivity contribution in [1.82, 2.24) is 4.90 Å². The van der Waals surface area contributed by atoms with E-state index in [1.807, 2.05) is 0 Å². The van der Waals surface area contributed by atoms with Gasteiger partial charge in [-0.2, -0.15) is 0 Å². The van der Waals surface area contributed by atoms with E-state index in [4.69, 9.17) is 9.15 Å². The molecule has 0 unspecified atom stereocenters.